The number of carbonyl (C=O) groups excluding carboxylic acids is 1. The first kappa shape index (κ1) is 12.5. The molecule has 1 fully saturated rings. The predicted molar refractivity (Wildman–Crippen MR) is 71.2 cm³/mol. The second-order valence-corrected chi connectivity index (χ2v) is 5.75. The van der Waals surface area contributed by atoms with Gasteiger partial charge in [0.05, 0.1) is 10.6 Å². The molecule has 1 atom stereocenters. The molecule has 5 heteroatoms. The third-order valence-corrected chi connectivity index (χ3v) is 4.48. The average Bonchev–Trinajstić information content (AvgIpc) is 2.60. The van der Waals surface area contributed by atoms with Crippen LogP contribution in [0, 0.1) is 6.92 Å². The first-order valence-electron chi connectivity index (χ1n) is 5.92. The summed E-state index contributed by atoms with van der Waals surface area (Å²) < 4.78 is 0. The molecule has 0 saturated carbocycles. The molecule has 94 valence electrons. The van der Waals surface area contributed by atoms with E-state index in [1.807, 2.05) is 6.92 Å². The number of Topliss-reactive ketones (excluding diaryl/α,β-unsaturated/α-hetero) is 1. The highest BCUT2D eigenvalue weighted by molar-refractivity contribution is 7.17. The number of aromatic nitrogens is 1. The van der Waals surface area contributed by atoms with Crippen molar-refractivity contribution in [2.75, 3.05) is 31.6 Å². The number of likely N-dealkylation sites (N-methyl/N-ethyl adjacent to an activating group) is 1. The molecule has 1 aliphatic heterocycles. The molecule has 0 N–H and O–H groups in total. The van der Waals surface area contributed by atoms with E-state index in [1.165, 1.54) is 11.3 Å². The van der Waals surface area contributed by atoms with Gasteiger partial charge in [0, 0.05) is 32.6 Å². The average molecular weight is 253 g/mol. The normalized spacial score (nSPS) is 21.9. The van der Waals surface area contributed by atoms with Gasteiger partial charge in [0.2, 0.25) is 0 Å². The lowest BCUT2D eigenvalue weighted by Crippen LogP contribution is -2.50. The van der Waals surface area contributed by atoms with Crippen LogP contribution in [0.25, 0.3) is 0 Å². The maximum atomic E-state index is 11.4. The molecule has 0 bridgehead atoms. The first-order chi connectivity index (χ1) is 7.99. The minimum Gasteiger partial charge on any atom is -0.343 e. The topological polar surface area (TPSA) is 36.4 Å². The minimum absolute atomic E-state index is 0.119. The van der Waals surface area contributed by atoms with Gasteiger partial charge in [-0.3, -0.25) is 4.79 Å². The van der Waals surface area contributed by atoms with Gasteiger partial charge in [-0.2, -0.15) is 0 Å². The number of hydrogen-bond donors (Lipinski definition) is 0. The van der Waals surface area contributed by atoms with E-state index in [0.717, 1.165) is 35.3 Å². The van der Waals surface area contributed by atoms with E-state index >= 15 is 0 Å². The van der Waals surface area contributed by atoms with E-state index < -0.39 is 0 Å². The van der Waals surface area contributed by atoms with Crippen LogP contribution in [0.1, 0.15) is 29.2 Å². The number of piperazine rings is 1. The SMILES string of the molecule is CC(=O)c1sc(N2CCN(C)CC2C)nc1C. The zero-order valence-corrected chi connectivity index (χ0v) is 11.7. The van der Waals surface area contributed by atoms with E-state index in [9.17, 15) is 4.79 Å². The molecule has 1 aromatic heterocycles. The fourth-order valence-electron chi connectivity index (χ4n) is 2.26. The molecule has 2 heterocycles. The highest BCUT2D eigenvalue weighted by Crippen LogP contribution is 2.28. The zero-order chi connectivity index (χ0) is 12.6. The van der Waals surface area contributed by atoms with Gasteiger partial charge in [0.1, 0.15) is 0 Å². The van der Waals surface area contributed by atoms with Crippen molar-refractivity contribution in [2.45, 2.75) is 26.8 Å². The lowest BCUT2D eigenvalue weighted by Gasteiger charge is -2.38. The van der Waals surface area contributed by atoms with E-state index in [2.05, 4.69) is 28.8 Å². The van der Waals surface area contributed by atoms with Crippen LogP contribution in [-0.4, -0.2) is 48.4 Å². The summed E-state index contributed by atoms with van der Waals surface area (Å²) in [6.45, 7) is 8.82. The standard InChI is InChI=1S/C12H19N3OS/c1-8-7-14(4)5-6-15(8)12-13-9(2)11(17-12)10(3)16/h8H,5-7H2,1-4H3. The summed E-state index contributed by atoms with van der Waals surface area (Å²) in [4.78, 5) is 21.4. The summed E-state index contributed by atoms with van der Waals surface area (Å²) in [6.07, 6.45) is 0. The van der Waals surface area contributed by atoms with Crippen molar-refractivity contribution < 1.29 is 4.79 Å². The lowest BCUT2D eigenvalue weighted by atomic mass is 10.2. The third kappa shape index (κ3) is 2.50. The van der Waals surface area contributed by atoms with Crippen LogP contribution in [-0.2, 0) is 0 Å². The first-order valence-corrected chi connectivity index (χ1v) is 6.74. The number of carbonyl (C=O) groups is 1. The number of anilines is 1. The summed E-state index contributed by atoms with van der Waals surface area (Å²) in [5.74, 6) is 0.119. The Morgan fingerprint density at radius 3 is 2.71 bits per heavy atom. The molecule has 2 rings (SSSR count). The van der Waals surface area contributed by atoms with Gasteiger partial charge < -0.3 is 9.80 Å². The van der Waals surface area contributed by atoms with Crippen LogP contribution >= 0.6 is 11.3 Å². The van der Waals surface area contributed by atoms with Gasteiger partial charge in [-0.15, -0.1) is 0 Å². The molecule has 17 heavy (non-hydrogen) atoms. The molecule has 1 saturated heterocycles. The molecule has 1 unspecified atom stereocenters. The molecule has 1 aromatic rings. The summed E-state index contributed by atoms with van der Waals surface area (Å²) in [5.41, 5.74) is 0.864. The highest BCUT2D eigenvalue weighted by Gasteiger charge is 2.25. The van der Waals surface area contributed by atoms with Crippen LogP contribution in [0.15, 0.2) is 0 Å². The fraction of sp³-hybridized carbons (Fsp3) is 0.667. The van der Waals surface area contributed by atoms with Gasteiger partial charge in [-0.05, 0) is 20.9 Å². The molecular weight excluding hydrogens is 234 g/mol. The quantitative estimate of drug-likeness (QED) is 0.753. The molecular formula is C12H19N3OS. The van der Waals surface area contributed by atoms with Crippen molar-refractivity contribution in [3.8, 4) is 0 Å². The largest absolute Gasteiger partial charge is 0.343 e. The Balaban J connectivity index is 2.22. The monoisotopic (exact) mass is 253 g/mol. The van der Waals surface area contributed by atoms with Gasteiger partial charge >= 0.3 is 0 Å². The maximum absolute atomic E-state index is 11.4. The molecule has 0 spiro atoms. The van der Waals surface area contributed by atoms with Crippen molar-refractivity contribution in [1.82, 2.24) is 9.88 Å². The number of rotatable bonds is 2. The second kappa shape index (κ2) is 4.74. The van der Waals surface area contributed by atoms with Crippen LogP contribution < -0.4 is 4.90 Å². The van der Waals surface area contributed by atoms with Crippen molar-refractivity contribution in [3.05, 3.63) is 10.6 Å². The van der Waals surface area contributed by atoms with Gasteiger partial charge in [0.25, 0.3) is 0 Å². The highest BCUT2D eigenvalue weighted by atomic mass is 32.1. The van der Waals surface area contributed by atoms with Crippen LogP contribution in [0.3, 0.4) is 0 Å². The number of hydrogen-bond acceptors (Lipinski definition) is 5. The number of thiazole rings is 1. The van der Waals surface area contributed by atoms with Crippen LogP contribution in [0.4, 0.5) is 5.13 Å². The fourth-order valence-corrected chi connectivity index (χ4v) is 3.35. The molecule has 0 aliphatic carbocycles. The lowest BCUT2D eigenvalue weighted by molar-refractivity contribution is 0.102. The van der Waals surface area contributed by atoms with Gasteiger partial charge in [0.15, 0.2) is 10.9 Å². The summed E-state index contributed by atoms with van der Waals surface area (Å²) in [5, 5.41) is 0.994. The van der Waals surface area contributed by atoms with Crippen molar-refractivity contribution in [1.29, 1.82) is 0 Å². The van der Waals surface area contributed by atoms with Crippen molar-refractivity contribution >= 4 is 22.3 Å². The van der Waals surface area contributed by atoms with E-state index in [4.69, 9.17) is 0 Å². The number of nitrogens with zero attached hydrogens (tertiary/aromatic N) is 3. The second-order valence-electron chi connectivity index (χ2n) is 4.77. The van der Waals surface area contributed by atoms with E-state index in [0.29, 0.717) is 6.04 Å². The Labute approximate surface area is 106 Å². The zero-order valence-electron chi connectivity index (χ0n) is 10.9. The smallest absolute Gasteiger partial charge is 0.186 e. The van der Waals surface area contributed by atoms with Crippen LogP contribution in [0.2, 0.25) is 0 Å². The third-order valence-electron chi connectivity index (χ3n) is 3.18. The number of ketones is 1. The number of aryl methyl sites for hydroxylation is 1. The van der Waals surface area contributed by atoms with Gasteiger partial charge in [-0.1, -0.05) is 11.3 Å². The molecule has 1 aliphatic rings. The Hall–Kier alpha value is -0.940. The summed E-state index contributed by atoms with van der Waals surface area (Å²) >= 11 is 1.53. The van der Waals surface area contributed by atoms with Gasteiger partial charge in [-0.25, -0.2) is 4.98 Å². The molecule has 0 aromatic carbocycles. The Morgan fingerprint density at radius 1 is 1.47 bits per heavy atom. The van der Waals surface area contributed by atoms with Crippen molar-refractivity contribution in [2.24, 2.45) is 0 Å². The van der Waals surface area contributed by atoms with E-state index in [-0.39, 0.29) is 5.78 Å². The molecule has 0 radical (unpaired) electrons. The van der Waals surface area contributed by atoms with Crippen molar-refractivity contribution in [3.63, 3.8) is 0 Å². The Kier molecular flexibility index (Phi) is 3.49. The summed E-state index contributed by atoms with van der Waals surface area (Å²) in [6, 6.07) is 0.458. The molecule has 0 amide bonds. The Bertz CT molecular complexity index is 429. The van der Waals surface area contributed by atoms with Crippen LogP contribution in [0.5, 0.6) is 0 Å². The van der Waals surface area contributed by atoms with E-state index in [1.54, 1.807) is 6.92 Å². The summed E-state index contributed by atoms with van der Waals surface area (Å²) in [7, 11) is 2.14. The molecule has 4 nitrogen and oxygen atoms in total. The Morgan fingerprint density at radius 2 is 2.18 bits per heavy atom. The minimum atomic E-state index is 0.119. The maximum Gasteiger partial charge on any atom is 0.186 e. The predicted octanol–water partition coefficient (Wildman–Crippen LogP) is 1.79.